The van der Waals surface area contributed by atoms with E-state index in [1.807, 2.05) is 44.3 Å². The van der Waals surface area contributed by atoms with Gasteiger partial charge in [-0.3, -0.25) is 9.89 Å². The molecule has 0 spiro atoms. The lowest BCUT2D eigenvalue weighted by Gasteiger charge is -2.32. The smallest absolute Gasteiger partial charge is 0.367 e. The van der Waals surface area contributed by atoms with Gasteiger partial charge in [-0.15, -0.1) is 12.8 Å². The van der Waals surface area contributed by atoms with Gasteiger partial charge in [0.1, 0.15) is 6.67 Å². The first-order valence-corrected chi connectivity index (χ1v) is 16.8. The molecular weight excluding hydrogens is 607 g/mol. The average molecular weight is 662 g/mol. The van der Waals surface area contributed by atoms with Crippen molar-refractivity contribution in [2.75, 3.05) is 45.2 Å². The Labute approximate surface area is 287 Å². The molecule has 1 aliphatic rings. The molecule has 5 nitrogen and oxygen atoms in total. The monoisotopic (exact) mass is 661 g/mol. The molecule has 2 aromatic carbocycles. The van der Waals surface area contributed by atoms with Crippen molar-refractivity contribution in [3.8, 4) is 12.8 Å². The highest BCUT2D eigenvalue weighted by atomic mass is 19.4. The van der Waals surface area contributed by atoms with Crippen LogP contribution in [0, 0.1) is 12.8 Å². The number of rotatable bonds is 16. The summed E-state index contributed by atoms with van der Waals surface area (Å²) in [5, 5.41) is 6.66. The van der Waals surface area contributed by atoms with Crippen molar-refractivity contribution in [3.05, 3.63) is 106 Å². The van der Waals surface area contributed by atoms with E-state index in [2.05, 4.69) is 90.0 Å². The number of aliphatic imine (C=N–C) groups is 1. The molecule has 260 valence electrons. The van der Waals surface area contributed by atoms with Crippen LogP contribution in [0.1, 0.15) is 74.8 Å². The molecule has 0 radical (unpaired) electrons. The van der Waals surface area contributed by atoms with E-state index in [0.29, 0.717) is 30.0 Å². The Kier molecular flexibility index (Phi) is 17.6. The topological polar surface area (TPSA) is 42.9 Å². The van der Waals surface area contributed by atoms with Crippen molar-refractivity contribution < 1.29 is 13.2 Å². The molecule has 0 saturated carbocycles. The van der Waals surface area contributed by atoms with E-state index in [9.17, 15) is 13.2 Å². The number of alkyl halides is 3. The Morgan fingerprint density at radius 1 is 1.00 bits per heavy atom. The lowest BCUT2D eigenvalue weighted by Crippen LogP contribution is -2.43. The quantitative estimate of drug-likeness (QED) is 0.107. The highest BCUT2D eigenvalue weighted by Crippen LogP contribution is 2.33. The van der Waals surface area contributed by atoms with Crippen LogP contribution in [0.5, 0.6) is 0 Å². The Bertz CT molecular complexity index is 1440. The standard InChI is InChI=1S/C38H52F3N5.C2H2/c1-7-11-32-16-17-37(25-33(32)15-14-30(10-4)26-42-28-43-36(12-8-2)13-9-3)44-29(5)34-22-31(23-35(24-34)38(39,40)41)27-46-20-18-45(6)19-21-46;1-2/h8,10,12-13,16-17,22-26,43-44H,5,7,9,11,14-15,18-21,27-28H2,1-4,6H3;1-2H/b12-8-,30-10-,36-13+,42-26-;. The van der Waals surface area contributed by atoms with Crippen LogP contribution in [0.3, 0.4) is 0 Å². The van der Waals surface area contributed by atoms with Crippen molar-refractivity contribution in [2.45, 2.75) is 72.5 Å². The Morgan fingerprint density at radius 3 is 2.35 bits per heavy atom. The SMILES string of the molecule is C#C.C=C(Nc1ccc(CCC)c(CCC(/C=N\CNC(/C=C\C)=C/CC)=C/C)c1)c1cc(CN2CCN(C)CC2)cc(C(F)(F)F)c1. The normalized spacial score (nSPS) is 15.0. The zero-order chi connectivity index (χ0) is 35.5. The Balaban J connectivity index is 0.00000392. The van der Waals surface area contributed by atoms with Gasteiger partial charge < -0.3 is 15.5 Å². The van der Waals surface area contributed by atoms with E-state index in [1.165, 1.54) is 23.3 Å². The maximum Gasteiger partial charge on any atom is 0.416 e. The van der Waals surface area contributed by atoms with Crippen LogP contribution >= 0.6 is 0 Å². The number of nitrogens with zero attached hydrogens (tertiary/aromatic N) is 3. The van der Waals surface area contributed by atoms with Crippen LogP contribution < -0.4 is 10.6 Å². The third-order valence-electron chi connectivity index (χ3n) is 8.15. The lowest BCUT2D eigenvalue weighted by atomic mass is 9.96. The summed E-state index contributed by atoms with van der Waals surface area (Å²) in [7, 11) is 2.07. The predicted octanol–water partition coefficient (Wildman–Crippen LogP) is 9.10. The molecule has 8 heteroatoms. The number of piperazine rings is 1. The molecule has 3 rings (SSSR count). The maximum atomic E-state index is 13.9. The van der Waals surface area contributed by atoms with Gasteiger partial charge in [0.2, 0.25) is 0 Å². The van der Waals surface area contributed by atoms with Gasteiger partial charge >= 0.3 is 6.18 Å². The summed E-state index contributed by atoms with van der Waals surface area (Å²) in [5.74, 6) is 0. The van der Waals surface area contributed by atoms with Crippen molar-refractivity contribution in [1.29, 1.82) is 0 Å². The average Bonchev–Trinajstić information content (AvgIpc) is 3.07. The number of allylic oxidation sites excluding steroid dienone is 5. The fraction of sp³-hybridized carbons (Fsp3) is 0.425. The number of anilines is 1. The van der Waals surface area contributed by atoms with Gasteiger partial charge in [0.25, 0.3) is 0 Å². The molecule has 1 heterocycles. The van der Waals surface area contributed by atoms with Crippen molar-refractivity contribution in [2.24, 2.45) is 4.99 Å². The Hall–Kier alpha value is -4.06. The van der Waals surface area contributed by atoms with E-state index < -0.39 is 11.7 Å². The molecule has 0 amide bonds. The number of halogens is 3. The number of terminal acetylenes is 1. The number of hydrogen-bond donors (Lipinski definition) is 2. The van der Waals surface area contributed by atoms with Gasteiger partial charge in [0, 0.05) is 56.0 Å². The summed E-state index contributed by atoms with van der Waals surface area (Å²) in [4.78, 5) is 9.03. The summed E-state index contributed by atoms with van der Waals surface area (Å²) in [6.45, 7) is 16.9. The molecule has 1 aliphatic heterocycles. The zero-order valence-corrected chi connectivity index (χ0v) is 29.5. The maximum absolute atomic E-state index is 13.9. The third kappa shape index (κ3) is 13.6. The highest BCUT2D eigenvalue weighted by Gasteiger charge is 2.31. The van der Waals surface area contributed by atoms with E-state index in [-0.39, 0.29) is 0 Å². The van der Waals surface area contributed by atoms with Gasteiger partial charge in [0.15, 0.2) is 0 Å². The summed E-state index contributed by atoms with van der Waals surface area (Å²) in [6.07, 6.45) is 18.4. The summed E-state index contributed by atoms with van der Waals surface area (Å²) < 4.78 is 41.8. The molecule has 0 bridgehead atoms. The van der Waals surface area contributed by atoms with Crippen LogP contribution in [0.4, 0.5) is 18.9 Å². The van der Waals surface area contributed by atoms with Gasteiger partial charge in [-0.25, -0.2) is 0 Å². The summed E-state index contributed by atoms with van der Waals surface area (Å²) >= 11 is 0. The van der Waals surface area contributed by atoms with Crippen molar-refractivity contribution >= 4 is 17.6 Å². The highest BCUT2D eigenvalue weighted by molar-refractivity contribution is 5.78. The molecule has 2 N–H and O–H groups in total. The first-order chi connectivity index (χ1) is 23.1. The summed E-state index contributed by atoms with van der Waals surface area (Å²) in [6, 6.07) is 10.5. The Morgan fingerprint density at radius 2 is 1.73 bits per heavy atom. The third-order valence-corrected chi connectivity index (χ3v) is 8.15. The summed E-state index contributed by atoms with van der Waals surface area (Å²) in [5.41, 5.74) is 6.42. The predicted molar refractivity (Wildman–Crippen MR) is 199 cm³/mol. The number of benzene rings is 2. The van der Waals surface area contributed by atoms with Crippen LogP contribution in [-0.2, 0) is 25.6 Å². The van der Waals surface area contributed by atoms with Gasteiger partial charge in [-0.1, -0.05) is 51.1 Å². The molecule has 48 heavy (non-hydrogen) atoms. The van der Waals surface area contributed by atoms with Gasteiger partial charge in [0.05, 0.1) is 5.56 Å². The van der Waals surface area contributed by atoms with Crippen molar-refractivity contribution in [3.63, 3.8) is 0 Å². The second-order valence-electron chi connectivity index (χ2n) is 11.9. The number of hydrogen-bond acceptors (Lipinski definition) is 5. The lowest BCUT2D eigenvalue weighted by molar-refractivity contribution is -0.137. The first-order valence-electron chi connectivity index (χ1n) is 16.8. The molecule has 0 aliphatic carbocycles. The molecular formula is C40H54F3N5. The van der Waals surface area contributed by atoms with Gasteiger partial charge in [-0.05, 0) is 111 Å². The van der Waals surface area contributed by atoms with E-state index in [1.54, 1.807) is 0 Å². The van der Waals surface area contributed by atoms with Crippen molar-refractivity contribution in [1.82, 2.24) is 15.1 Å². The van der Waals surface area contributed by atoms with E-state index in [4.69, 9.17) is 0 Å². The molecule has 0 atom stereocenters. The fourth-order valence-electron chi connectivity index (χ4n) is 5.54. The minimum Gasteiger partial charge on any atom is -0.367 e. The van der Waals surface area contributed by atoms with Crippen LogP contribution in [0.25, 0.3) is 5.70 Å². The molecule has 0 aromatic heterocycles. The largest absolute Gasteiger partial charge is 0.416 e. The fourth-order valence-corrected chi connectivity index (χ4v) is 5.54. The zero-order valence-electron chi connectivity index (χ0n) is 29.5. The first kappa shape index (κ1) is 40.1. The number of nitrogens with one attached hydrogen (secondary N) is 2. The second-order valence-corrected chi connectivity index (χ2v) is 11.9. The van der Waals surface area contributed by atoms with E-state index in [0.717, 1.165) is 75.2 Å². The molecule has 0 unspecified atom stereocenters. The van der Waals surface area contributed by atoms with Crippen LogP contribution in [0.15, 0.2) is 83.5 Å². The molecule has 1 saturated heterocycles. The molecule has 2 aromatic rings. The van der Waals surface area contributed by atoms with Gasteiger partial charge in [-0.2, -0.15) is 13.2 Å². The van der Waals surface area contributed by atoms with E-state index >= 15 is 0 Å². The molecule has 1 fully saturated rings. The second kappa shape index (κ2) is 21.0. The minimum absolute atomic E-state index is 0.447. The minimum atomic E-state index is -4.44. The van der Waals surface area contributed by atoms with Crippen LogP contribution in [0.2, 0.25) is 0 Å². The number of likely N-dealkylation sites (N-methyl/N-ethyl adjacent to an activating group) is 1. The van der Waals surface area contributed by atoms with Crippen LogP contribution in [-0.4, -0.2) is 55.9 Å². The number of aryl methyl sites for hydroxylation is 2.